The number of hydrogen-bond donors (Lipinski definition) is 1. The maximum Gasteiger partial charge on any atom is 0.338 e. The molecule has 0 aliphatic rings. The van der Waals surface area contributed by atoms with Crippen molar-refractivity contribution in [2.45, 2.75) is 33.6 Å². The molecule has 2 aromatic rings. The molecule has 0 spiro atoms. The highest BCUT2D eigenvalue weighted by Gasteiger charge is 2.13. The summed E-state index contributed by atoms with van der Waals surface area (Å²) in [7, 11) is 0. The summed E-state index contributed by atoms with van der Waals surface area (Å²) in [5.74, 6) is -0.573. The van der Waals surface area contributed by atoms with Gasteiger partial charge in [0.25, 0.3) is 5.91 Å². The lowest BCUT2D eigenvalue weighted by Gasteiger charge is -2.12. The van der Waals surface area contributed by atoms with E-state index in [0.29, 0.717) is 22.2 Å². The second kappa shape index (κ2) is 8.17. The Kier molecular flexibility index (Phi) is 6.21. The SMILES string of the molecule is Cc1cc(C)c(NC(=O)COC(=O)c2ccc(C(C)C)cc2)c(Cl)c1. The number of halogens is 1. The fraction of sp³-hybridized carbons (Fsp3) is 0.300. The van der Waals surface area contributed by atoms with Gasteiger partial charge in [-0.3, -0.25) is 4.79 Å². The molecule has 5 heteroatoms. The van der Waals surface area contributed by atoms with Crippen molar-refractivity contribution >= 4 is 29.2 Å². The van der Waals surface area contributed by atoms with E-state index in [1.807, 2.05) is 32.0 Å². The number of aryl methyl sites for hydroxylation is 2. The molecule has 0 bridgehead atoms. The third-order valence-electron chi connectivity index (χ3n) is 3.84. The monoisotopic (exact) mass is 359 g/mol. The van der Waals surface area contributed by atoms with Crippen molar-refractivity contribution in [1.29, 1.82) is 0 Å². The van der Waals surface area contributed by atoms with Crippen molar-refractivity contribution in [2.75, 3.05) is 11.9 Å². The van der Waals surface area contributed by atoms with Crippen LogP contribution in [0.15, 0.2) is 36.4 Å². The highest BCUT2D eigenvalue weighted by molar-refractivity contribution is 6.34. The Labute approximate surface area is 153 Å². The molecule has 0 atom stereocenters. The zero-order valence-electron chi connectivity index (χ0n) is 14.9. The van der Waals surface area contributed by atoms with E-state index in [1.165, 1.54) is 0 Å². The van der Waals surface area contributed by atoms with E-state index in [0.717, 1.165) is 16.7 Å². The summed E-state index contributed by atoms with van der Waals surface area (Å²) in [6.07, 6.45) is 0. The van der Waals surface area contributed by atoms with Crippen LogP contribution >= 0.6 is 11.6 Å². The van der Waals surface area contributed by atoms with Crippen LogP contribution in [0.3, 0.4) is 0 Å². The number of ether oxygens (including phenoxy) is 1. The molecule has 0 aliphatic carbocycles. The molecule has 1 N–H and O–H groups in total. The van der Waals surface area contributed by atoms with Crippen molar-refractivity contribution in [1.82, 2.24) is 0 Å². The summed E-state index contributed by atoms with van der Waals surface area (Å²) in [6.45, 7) is 7.58. The minimum absolute atomic E-state index is 0.367. The van der Waals surface area contributed by atoms with Gasteiger partial charge in [0.2, 0.25) is 0 Å². The molecule has 132 valence electrons. The number of carbonyl (C=O) groups is 2. The normalized spacial score (nSPS) is 10.6. The maximum atomic E-state index is 12.0. The number of amides is 1. The number of carbonyl (C=O) groups excluding carboxylic acids is 2. The first kappa shape index (κ1) is 19.0. The van der Waals surface area contributed by atoms with E-state index in [4.69, 9.17) is 16.3 Å². The number of rotatable bonds is 5. The maximum absolute atomic E-state index is 12.0. The van der Waals surface area contributed by atoms with Crippen LogP contribution in [0.25, 0.3) is 0 Å². The highest BCUT2D eigenvalue weighted by atomic mass is 35.5. The predicted molar refractivity (Wildman–Crippen MR) is 100 cm³/mol. The summed E-state index contributed by atoms with van der Waals surface area (Å²) >= 11 is 6.16. The largest absolute Gasteiger partial charge is 0.452 e. The van der Waals surface area contributed by atoms with E-state index in [2.05, 4.69) is 19.2 Å². The van der Waals surface area contributed by atoms with Crippen LogP contribution in [0, 0.1) is 13.8 Å². The Hall–Kier alpha value is -2.33. The molecule has 0 saturated carbocycles. The molecule has 0 aromatic heterocycles. The Morgan fingerprint density at radius 2 is 1.76 bits per heavy atom. The minimum Gasteiger partial charge on any atom is -0.452 e. The first-order valence-corrected chi connectivity index (χ1v) is 8.49. The number of benzene rings is 2. The number of anilines is 1. The van der Waals surface area contributed by atoms with Gasteiger partial charge < -0.3 is 10.1 Å². The zero-order chi connectivity index (χ0) is 18.6. The van der Waals surface area contributed by atoms with Gasteiger partial charge in [-0.25, -0.2) is 4.79 Å². The first-order valence-electron chi connectivity index (χ1n) is 8.11. The van der Waals surface area contributed by atoms with E-state index in [-0.39, 0.29) is 6.61 Å². The Balaban J connectivity index is 1.94. The van der Waals surface area contributed by atoms with Crippen LogP contribution in [-0.4, -0.2) is 18.5 Å². The molecule has 4 nitrogen and oxygen atoms in total. The third-order valence-corrected chi connectivity index (χ3v) is 4.14. The molecule has 2 aromatic carbocycles. The van der Waals surface area contributed by atoms with Crippen molar-refractivity contribution in [2.24, 2.45) is 0 Å². The molecule has 0 heterocycles. The summed E-state index contributed by atoms with van der Waals surface area (Å²) in [5, 5.41) is 3.15. The average molecular weight is 360 g/mol. The summed E-state index contributed by atoms with van der Waals surface area (Å²) < 4.78 is 5.07. The quantitative estimate of drug-likeness (QED) is 0.774. The van der Waals surface area contributed by atoms with Crippen LogP contribution in [0.5, 0.6) is 0 Å². The second-order valence-corrected chi connectivity index (χ2v) is 6.75. The summed E-state index contributed by atoms with van der Waals surface area (Å²) in [4.78, 5) is 24.1. The number of hydrogen-bond acceptors (Lipinski definition) is 3. The lowest BCUT2D eigenvalue weighted by atomic mass is 10.0. The van der Waals surface area contributed by atoms with Gasteiger partial charge in [-0.1, -0.05) is 43.6 Å². The Bertz CT molecular complexity index is 759. The van der Waals surface area contributed by atoms with E-state index in [1.54, 1.807) is 18.2 Å². The standard InChI is InChI=1S/C20H22ClNO3/c1-12(2)15-5-7-16(8-6-15)20(24)25-11-18(23)22-19-14(4)9-13(3)10-17(19)21/h5-10,12H,11H2,1-4H3,(H,22,23). The third kappa shape index (κ3) is 5.07. The fourth-order valence-electron chi connectivity index (χ4n) is 2.47. The zero-order valence-corrected chi connectivity index (χ0v) is 15.6. The van der Waals surface area contributed by atoms with Crippen molar-refractivity contribution in [3.05, 3.63) is 63.7 Å². The molecular weight excluding hydrogens is 338 g/mol. The fourth-order valence-corrected chi connectivity index (χ4v) is 2.84. The van der Waals surface area contributed by atoms with E-state index in [9.17, 15) is 9.59 Å². The summed E-state index contributed by atoms with van der Waals surface area (Å²) in [5.41, 5.74) is 3.96. The van der Waals surface area contributed by atoms with Crippen LogP contribution in [0.1, 0.15) is 46.8 Å². The lowest BCUT2D eigenvalue weighted by molar-refractivity contribution is -0.119. The van der Waals surface area contributed by atoms with Crippen LogP contribution in [0.4, 0.5) is 5.69 Å². The van der Waals surface area contributed by atoms with Gasteiger partial charge in [0.05, 0.1) is 16.3 Å². The van der Waals surface area contributed by atoms with Crippen LogP contribution in [-0.2, 0) is 9.53 Å². The molecule has 0 fully saturated rings. The molecule has 0 saturated heterocycles. The molecule has 0 radical (unpaired) electrons. The van der Waals surface area contributed by atoms with Gasteiger partial charge in [-0.05, 0) is 54.7 Å². The molecular formula is C20H22ClNO3. The van der Waals surface area contributed by atoms with E-state index < -0.39 is 11.9 Å². The topological polar surface area (TPSA) is 55.4 Å². The lowest BCUT2D eigenvalue weighted by Crippen LogP contribution is -2.21. The first-order chi connectivity index (χ1) is 11.8. The average Bonchev–Trinajstić information content (AvgIpc) is 2.56. The van der Waals surface area contributed by atoms with Crippen LogP contribution < -0.4 is 5.32 Å². The summed E-state index contributed by atoms with van der Waals surface area (Å²) in [6, 6.07) is 10.9. The molecule has 0 unspecified atom stereocenters. The van der Waals surface area contributed by atoms with Crippen LogP contribution in [0.2, 0.25) is 5.02 Å². The number of esters is 1. The molecule has 2 rings (SSSR count). The smallest absolute Gasteiger partial charge is 0.338 e. The van der Waals surface area contributed by atoms with Crippen molar-refractivity contribution < 1.29 is 14.3 Å². The molecule has 1 amide bonds. The van der Waals surface area contributed by atoms with E-state index >= 15 is 0 Å². The van der Waals surface area contributed by atoms with Gasteiger partial charge in [-0.2, -0.15) is 0 Å². The van der Waals surface area contributed by atoms with Crippen molar-refractivity contribution in [3.63, 3.8) is 0 Å². The minimum atomic E-state index is -0.530. The van der Waals surface area contributed by atoms with Gasteiger partial charge >= 0.3 is 5.97 Å². The highest BCUT2D eigenvalue weighted by Crippen LogP contribution is 2.27. The van der Waals surface area contributed by atoms with Gasteiger partial charge in [0.15, 0.2) is 6.61 Å². The predicted octanol–water partition coefficient (Wildman–Crippen LogP) is 4.88. The Morgan fingerprint density at radius 1 is 1.12 bits per heavy atom. The van der Waals surface area contributed by atoms with Gasteiger partial charge in [-0.15, -0.1) is 0 Å². The number of nitrogens with one attached hydrogen (secondary N) is 1. The second-order valence-electron chi connectivity index (χ2n) is 6.34. The van der Waals surface area contributed by atoms with Crippen molar-refractivity contribution in [3.8, 4) is 0 Å². The Morgan fingerprint density at radius 3 is 2.32 bits per heavy atom. The molecule has 0 aliphatic heterocycles. The van der Waals surface area contributed by atoms with Gasteiger partial charge in [0.1, 0.15) is 0 Å². The molecule has 25 heavy (non-hydrogen) atoms. The van der Waals surface area contributed by atoms with Gasteiger partial charge in [0, 0.05) is 0 Å².